The van der Waals surface area contributed by atoms with Crippen molar-refractivity contribution in [1.29, 1.82) is 0 Å². The van der Waals surface area contributed by atoms with Gasteiger partial charge in [0, 0.05) is 19.3 Å². The Morgan fingerprint density at radius 2 is 1.80 bits per heavy atom. The van der Waals surface area contributed by atoms with Crippen LogP contribution in [0, 0.1) is 0 Å². The zero-order valence-corrected chi connectivity index (χ0v) is 10.1. The summed E-state index contributed by atoms with van der Waals surface area (Å²) in [5, 5.41) is 0. The molecule has 0 aliphatic carbocycles. The molecule has 112 valence electrons. The molecule has 0 saturated carbocycles. The predicted molar refractivity (Wildman–Crippen MR) is 59.0 cm³/mol. The van der Waals surface area contributed by atoms with Crippen LogP contribution in [0.4, 0.5) is 32.0 Å². The maximum atomic E-state index is 12.8. The van der Waals surface area contributed by atoms with Crippen molar-refractivity contribution < 1.29 is 26.3 Å². The van der Waals surface area contributed by atoms with E-state index in [-0.39, 0.29) is 18.7 Å². The lowest BCUT2D eigenvalue weighted by Gasteiger charge is -2.27. The van der Waals surface area contributed by atoms with Crippen LogP contribution in [0.1, 0.15) is 12.0 Å². The van der Waals surface area contributed by atoms with Gasteiger partial charge in [0.15, 0.2) is 0 Å². The Labute approximate surface area is 110 Å². The van der Waals surface area contributed by atoms with E-state index < -0.39 is 30.0 Å². The smallest absolute Gasteiger partial charge is 0.368 e. The van der Waals surface area contributed by atoms with Gasteiger partial charge in [-0.1, -0.05) is 0 Å². The third-order valence-electron chi connectivity index (χ3n) is 3.28. The van der Waals surface area contributed by atoms with Gasteiger partial charge in [0.25, 0.3) is 0 Å². The summed E-state index contributed by atoms with van der Waals surface area (Å²) in [7, 11) is 0. The molecule has 0 aromatic carbocycles. The van der Waals surface area contributed by atoms with Crippen molar-refractivity contribution in [3.05, 3.63) is 24.0 Å². The van der Waals surface area contributed by atoms with Gasteiger partial charge < -0.3 is 10.6 Å². The number of rotatable bonds is 1. The molecule has 1 aromatic heterocycles. The summed E-state index contributed by atoms with van der Waals surface area (Å²) in [5.41, 5.74) is 1.86. The van der Waals surface area contributed by atoms with E-state index in [0.29, 0.717) is 6.20 Å². The van der Waals surface area contributed by atoms with E-state index in [1.165, 1.54) is 0 Å². The molecular weight excluding hydrogens is 288 g/mol. The summed E-state index contributed by atoms with van der Waals surface area (Å²) in [6.45, 7) is -0.654. The first-order valence-corrected chi connectivity index (χ1v) is 5.66. The van der Waals surface area contributed by atoms with Gasteiger partial charge in [0.05, 0.1) is 17.4 Å². The van der Waals surface area contributed by atoms with Crippen molar-refractivity contribution in [3.63, 3.8) is 0 Å². The van der Waals surface area contributed by atoms with E-state index in [1.54, 1.807) is 0 Å². The van der Waals surface area contributed by atoms with Crippen molar-refractivity contribution in [3.8, 4) is 0 Å². The van der Waals surface area contributed by atoms with Gasteiger partial charge in [-0.05, 0) is 12.5 Å². The molecule has 1 fully saturated rings. The summed E-state index contributed by atoms with van der Waals surface area (Å²) in [5.74, 6) is 0. The summed E-state index contributed by atoms with van der Waals surface area (Å²) in [6.07, 6.45) is -7.84. The molecule has 20 heavy (non-hydrogen) atoms. The number of halogens is 6. The second kappa shape index (κ2) is 4.51. The van der Waals surface area contributed by atoms with E-state index in [4.69, 9.17) is 5.73 Å². The Morgan fingerprint density at radius 3 is 2.30 bits per heavy atom. The van der Waals surface area contributed by atoms with Gasteiger partial charge in [-0.2, -0.15) is 26.3 Å². The van der Waals surface area contributed by atoms with Crippen LogP contribution in [0.5, 0.6) is 0 Å². The Hall–Kier alpha value is -1.51. The molecule has 1 atom stereocenters. The van der Waals surface area contributed by atoms with Gasteiger partial charge >= 0.3 is 12.4 Å². The Balaban J connectivity index is 2.23. The number of alkyl halides is 6. The van der Waals surface area contributed by atoms with E-state index in [1.807, 2.05) is 0 Å². The number of pyridine rings is 1. The van der Waals surface area contributed by atoms with Crippen LogP contribution in [0.2, 0.25) is 0 Å². The summed E-state index contributed by atoms with van der Waals surface area (Å²) < 4.78 is 75.9. The second-order valence-corrected chi connectivity index (χ2v) is 4.76. The lowest BCUT2D eigenvalue weighted by atomic mass is 10.00. The normalized spacial score (nSPS) is 24.2. The maximum absolute atomic E-state index is 12.8. The minimum atomic E-state index is -4.60. The topological polar surface area (TPSA) is 42.1 Å². The number of nitrogens with two attached hydrogens (primary N) is 1. The number of nitrogens with zero attached hydrogens (tertiary/aromatic N) is 2. The Kier molecular flexibility index (Phi) is 3.35. The van der Waals surface area contributed by atoms with Crippen LogP contribution in [0.25, 0.3) is 0 Å². The standard InChI is InChI=1S/C11H11F6N3/c12-10(13,14)7-3-8(5-19-4-7)20-2-1-9(18,6-20)11(15,16)17/h3-5H,1-2,6,18H2. The van der Waals surface area contributed by atoms with Gasteiger partial charge in [0.2, 0.25) is 0 Å². The zero-order valence-electron chi connectivity index (χ0n) is 10.1. The average molecular weight is 299 g/mol. The van der Waals surface area contributed by atoms with Crippen molar-refractivity contribution in [1.82, 2.24) is 4.98 Å². The number of hydrogen-bond donors (Lipinski definition) is 1. The first kappa shape index (κ1) is 14.9. The number of anilines is 1. The molecule has 1 unspecified atom stereocenters. The number of aromatic nitrogens is 1. The van der Waals surface area contributed by atoms with Gasteiger partial charge in [0.1, 0.15) is 5.54 Å². The molecule has 1 aromatic rings. The first-order chi connectivity index (χ1) is 9.03. The first-order valence-electron chi connectivity index (χ1n) is 5.66. The molecule has 0 bridgehead atoms. The molecule has 3 nitrogen and oxygen atoms in total. The van der Waals surface area contributed by atoms with E-state index >= 15 is 0 Å². The van der Waals surface area contributed by atoms with Crippen LogP contribution < -0.4 is 10.6 Å². The molecule has 0 radical (unpaired) electrons. The highest BCUT2D eigenvalue weighted by molar-refractivity contribution is 5.48. The highest BCUT2D eigenvalue weighted by Crippen LogP contribution is 2.38. The Morgan fingerprint density at radius 1 is 1.15 bits per heavy atom. The fourth-order valence-electron chi connectivity index (χ4n) is 2.04. The van der Waals surface area contributed by atoms with E-state index in [9.17, 15) is 26.3 Å². The van der Waals surface area contributed by atoms with Crippen molar-refractivity contribution >= 4 is 5.69 Å². The molecule has 0 spiro atoms. The minimum Gasteiger partial charge on any atom is -0.368 e. The fraction of sp³-hybridized carbons (Fsp3) is 0.545. The lowest BCUT2D eigenvalue weighted by Crippen LogP contribution is -2.55. The third-order valence-corrected chi connectivity index (χ3v) is 3.28. The van der Waals surface area contributed by atoms with Crippen LogP contribution in [-0.4, -0.2) is 29.8 Å². The molecule has 9 heteroatoms. The SMILES string of the molecule is NC1(C(F)(F)F)CCN(c2cncc(C(F)(F)F)c2)C1. The highest BCUT2D eigenvalue weighted by Gasteiger charge is 2.55. The second-order valence-electron chi connectivity index (χ2n) is 4.76. The predicted octanol–water partition coefficient (Wildman–Crippen LogP) is 2.57. The van der Waals surface area contributed by atoms with Gasteiger partial charge in [-0.15, -0.1) is 0 Å². The molecule has 0 amide bonds. The molecule has 1 aliphatic heterocycles. The third kappa shape index (κ3) is 2.67. The van der Waals surface area contributed by atoms with Crippen molar-refractivity contribution in [2.45, 2.75) is 24.3 Å². The van der Waals surface area contributed by atoms with Gasteiger partial charge in [-0.25, -0.2) is 0 Å². The molecule has 2 N–H and O–H groups in total. The summed E-state index contributed by atoms with van der Waals surface area (Å²) in [6, 6.07) is 0.773. The maximum Gasteiger partial charge on any atom is 0.417 e. The fourth-order valence-corrected chi connectivity index (χ4v) is 2.04. The molecule has 1 saturated heterocycles. The van der Waals surface area contributed by atoms with Crippen LogP contribution in [-0.2, 0) is 6.18 Å². The van der Waals surface area contributed by atoms with Crippen LogP contribution >= 0.6 is 0 Å². The number of hydrogen-bond acceptors (Lipinski definition) is 3. The quantitative estimate of drug-likeness (QED) is 0.810. The largest absolute Gasteiger partial charge is 0.417 e. The molecule has 2 rings (SSSR count). The monoisotopic (exact) mass is 299 g/mol. The lowest BCUT2D eigenvalue weighted by molar-refractivity contribution is -0.179. The highest BCUT2D eigenvalue weighted by atomic mass is 19.4. The van der Waals surface area contributed by atoms with Crippen LogP contribution in [0.3, 0.4) is 0 Å². The van der Waals surface area contributed by atoms with Crippen LogP contribution in [0.15, 0.2) is 18.5 Å². The molecular formula is C11H11F6N3. The van der Waals surface area contributed by atoms with Gasteiger partial charge in [-0.3, -0.25) is 4.98 Å². The minimum absolute atomic E-state index is 0.0172. The molecule has 2 heterocycles. The summed E-state index contributed by atoms with van der Waals surface area (Å²) in [4.78, 5) is 4.58. The van der Waals surface area contributed by atoms with E-state index in [0.717, 1.165) is 17.2 Å². The van der Waals surface area contributed by atoms with E-state index in [2.05, 4.69) is 4.98 Å². The Bertz CT molecular complexity index is 498. The van der Waals surface area contributed by atoms with Crippen molar-refractivity contribution in [2.75, 3.05) is 18.0 Å². The average Bonchev–Trinajstić information content (AvgIpc) is 2.72. The van der Waals surface area contributed by atoms with Crippen molar-refractivity contribution in [2.24, 2.45) is 5.73 Å². The zero-order chi connectivity index (χ0) is 15.2. The molecule has 1 aliphatic rings. The summed E-state index contributed by atoms with van der Waals surface area (Å²) >= 11 is 0.